The fourth-order valence-corrected chi connectivity index (χ4v) is 2.65. The average Bonchev–Trinajstić information content (AvgIpc) is 2.85. The van der Waals surface area contributed by atoms with E-state index in [1.807, 2.05) is 20.8 Å². The summed E-state index contributed by atoms with van der Waals surface area (Å²) in [5.41, 5.74) is 6.24. The van der Waals surface area contributed by atoms with Crippen molar-refractivity contribution >= 4 is 17.2 Å². The van der Waals surface area contributed by atoms with E-state index in [1.54, 1.807) is 11.3 Å². The summed E-state index contributed by atoms with van der Waals surface area (Å²) in [6.45, 7) is 5.92. The summed E-state index contributed by atoms with van der Waals surface area (Å²) in [7, 11) is 0. The molecule has 2 rings (SSSR count). The Labute approximate surface area is 99.3 Å². The Morgan fingerprint density at radius 2 is 2.19 bits per heavy atom. The van der Waals surface area contributed by atoms with Gasteiger partial charge in [-0.15, -0.1) is 11.3 Å². The monoisotopic (exact) mass is 239 g/mol. The van der Waals surface area contributed by atoms with Crippen LogP contribution in [0.15, 0.2) is 0 Å². The molecule has 0 spiro atoms. The molecule has 1 aromatic heterocycles. The summed E-state index contributed by atoms with van der Waals surface area (Å²) in [6, 6.07) is -0.000255. The van der Waals surface area contributed by atoms with Gasteiger partial charge in [0.05, 0.1) is 22.3 Å². The Kier molecular flexibility index (Phi) is 2.75. The van der Waals surface area contributed by atoms with Crippen molar-refractivity contribution in [1.29, 1.82) is 0 Å². The third-order valence-corrected chi connectivity index (χ3v) is 4.18. The van der Waals surface area contributed by atoms with Gasteiger partial charge in [-0.25, -0.2) is 4.98 Å². The molecule has 0 aromatic carbocycles. The second-order valence-electron chi connectivity index (χ2n) is 4.53. The Morgan fingerprint density at radius 1 is 1.56 bits per heavy atom. The van der Waals surface area contributed by atoms with Crippen LogP contribution in [-0.2, 0) is 4.79 Å². The molecular weight excluding hydrogens is 222 g/mol. The number of nitrogens with zero attached hydrogens (tertiary/aromatic N) is 1. The fourth-order valence-electron chi connectivity index (χ4n) is 1.72. The Hall–Kier alpha value is -0.940. The van der Waals surface area contributed by atoms with E-state index < -0.39 is 5.54 Å². The number of nitrogens with two attached hydrogens (primary N) is 1. The van der Waals surface area contributed by atoms with Crippen LogP contribution in [0.2, 0.25) is 0 Å². The Balaban J connectivity index is 2.05. The zero-order chi connectivity index (χ0) is 11.9. The highest BCUT2D eigenvalue weighted by Gasteiger charge is 2.46. The Morgan fingerprint density at radius 3 is 2.62 bits per heavy atom. The highest BCUT2D eigenvalue weighted by atomic mass is 32.1. The highest BCUT2D eigenvalue weighted by Crippen LogP contribution is 2.33. The van der Waals surface area contributed by atoms with Crippen molar-refractivity contribution in [3.63, 3.8) is 0 Å². The van der Waals surface area contributed by atoms with Crippen molar-refractivity contribution in [2.24, 2.45) is 5.73 Å². The molecule has 5 heteroatoms. The first-order valence-electron chi connectivity index (χ1n) is 5.46. The SMILES string of the molecule is Cc1nc(C)c(C(C)NC(=O)C2(N)CC2)s1. The topological polar surface area (TPSA) is 68.0 Å². The van der Waals surface area contributed by atoms with E-state index in [-0.39, 0.29) is 11.9 Å². The molecule has 1 fully saturated rings. The quantitative estimate of drug-likeness (QED) is 0.838. The first-order valence-corrected chi connectivity index (χ1v) is 6.28. The molecular formula is C11H17N3OS. The molecule has 0 aliphatic heterocycles. The van der Waals surface area contributed by atoms with Crippen LogP contribution in [0.3, 0.4) is 0 Å². The minimum atomic E-state index is -0.595. The average molecular weight is 239 g/mol. The number of amides is 1. The largest absolute Gasteiger partial charge is 0.347 e. The zero-order valence-corrected chi connectivity index (χ0v) is 10.6. The number of hydrogen-bond acceptors (Lipinski definition) is 4. The number of nitrogens with one attached hydrogen (secondary N) is 1. The third-order valence-electron chi connectivity index (χ3n) is 2.92. The highest BCUT2D eigenvalue weighted by molar-refractivity contribution is 7.11. The lowest BCUT2D eigenvalue weighted by molar-refractivity contribution is -0.123. The van der Waals surface area contributed by atoms with E-state index in [2.05, 4.69) is 10.3 Å². The van der Waals surface area contributed by atoms with E-state index in [0.29, 0.717) is 0 Å². The number of rotatable bonds is 3. The van der Waals surface area contributed by atoms with Gasteiger partial charge in [0.25, 0.3) is 0 Å². The van der Waals surface area contributed by atoms with Crippen LogP contribution in [-0.4, -0.2) is 16.4 Å². The van der Waals surface area contributed by atoms with Crippen molar-refractivity contribution in [1.82, 2.24) is 10.3 Å². The Bertz CT molecular complexity index is 423. The number of aryl methyl sites for hydroxylation is 2. The first kappa shape index (κ1) is 11.5. The second kappa shape index (κ2) is 3.82. The molecule has 1 aliphatic carbocycles. The molecule has 88 valence electrons. The van der Waals surface area contributed by atoms with Crippen LogP contribution in [0, 0.1) is 13.8 Å². The minimum absolute atomic E-state index is 0.000255. The molecule has 0 radical (unpaired) electrons. The van der Waals surface area contributed by atoms with Crippen molar-refractivity contribution in [3.8, 4) is 0 Å². The first-order chi connectivity index (χ1) is 7.42. The molecule has 1 saturated carbocycles. The molecule has 1 aromatic rings. The maximum Gasteiger partial charge on any atom is 0.240 e. The van der Waals surface area contributed by atoms with Gasteiger partial charge in [0.1, 0.15) is 0 Å². The van der Waals surface area contributed by atoms with Crippen LogP contribution >= 0.6 is 11.3 Å². The van der Waals surface area contributed by atoms with Crippen LogP contribution in [0.5, 0.6) is 0 Å². The molecule has 1 unspecified atom stereocenters. The lowest BCUT2D eigenvalue weighted by atomic mass is 10.2. The maximum atomic E-state index is 11.8. The van der Waals surface area contributed by atoms with Crippen molar-refractivity contribution in [3.05, 3.63) is 15.6 Å². The van der Waals surface area contributed by atoms with E-state index >= 15 is 0 Å². The second-order valence-corrected chi connectivity index (χ2v) is 5.77. The molecule has 3 N–H and O–H groups in total. The molecule has 1 atom stereocenters. The lowest BCUT2D eigenvalue weighted by Crippen LogP contribution is -2.43. The van der Waals surface area contributed by atoms with E-state index in [4.69, 9.17) is 5.73 Å². The number of carbonyl (C=O) groups is 1. The van der Waals surface area contributed by atoms with Gasteiger partial charge in [0.15, 0.2) is 0 Å². The van der Waals surface area contributed by atoms with E-state index in [9.17, 15) is 4.79 Å². The van der Waals surface area contributed by atoms with Gasteiger partial charge in [-0.1, -0.05) is 0 Å². The molecule has 0 saturated heterocycles. The number of thiazole rings is 1. The van der Waals surface area contributed by atoms with Gasteiger partial charge in [0, 0.05) is 4.88 Å². The van der Waals surface area contributed by atoms with E-state index in [1.165, 1.54) is 0 Å². The standard InChI is InChI=1S/C11H17N3OS/c1-6-9(16-8(3)13-6)7(2)14-10(15)11(12)4-5-11/h7H,4-5,12H2,1-3H3,(H,14,15). The van der Waals surface area contributed by atoms with Gasteiger partial charge in [-0.3, -0.25) is 4.79 Å². The molecule has 0 bridgehead atoms. The maximum absolute atomic E-state index is 11.8. The van der Waals surface area contributed by atoms with Crippen LogP contribution in [0.4, 0.5) is 0 Å². The zero-order valence-electron chi connectivity index (χ0n) is 9.83. The van der Waals surface area contributed by atoms with Crippen LogP contribution in [0.1, 0.15) is 41.4 Å². The summed E-state index contributed by atoms with van der Waals surface area (Å²) in [6.07, 6.45) is 1.60. The summed E-state index contributed by atoms with van der Waals surface area (Å²) in [5.74, 6) is -0.0366. The molecule has 1 amide bonds. The van der Waals surface area contributed by atoms with Gasteiger partial charge in [-0.05, 0) is 33.6 Å². The third kappa shape index (κ3) is 2.10. The summed E-state index contributed by atoms with van der Waals surface area (Å²) in [5, 5.41) is 3.99. The number of aromatic nitrogens is 1. The number of hydrogen-bond donors (Lipinski definition) is 2. The van der Waals surface area contributed by atoms with Crippen LogP contribution in [0.25, 0.3) is 0 Å². The lowest BCUT2D eigenvalue weighted by Gasteiger charge is -2.16. The van der Waals surface area contributed by atoms with E-state index in [0.717, 1.165) is 28.4 Å². The minimum Gasteiger partial charge on any atom is -0.347 e. The fraction of sp³-hybridized carbons (Fsp3) is 0.636. The van der Waals surface area contributed by atoms with Gasteiger partial charge in [-0.2, -0.15) is 0 Å². The van der Waals surface area contributed by atoms with Gasteiger partial charge in [0.2, 0.25) is 5.91 Å². The summed E-state index contributed by atoms with van der Waals surface area (Å²) < 4.78 is 0. The van der Waals surface area contributed by atoms with Crippen molar-refractivity contribution in [2.45, 2.75) is 45.2 Å². The normalized spacial score (nSPS) is 19.2. The van der Waals surface area contributed by atoms with Crippen LogP contribution < -0.4 is 11.1 Å². The van der Waals surface area contributed by atoms with Gasteiger partial charge >= 0.3 is 0 Å². The predicted octanol–water partition coefficient (Wildman–Crippen LogP) is 1.43. The summed E-state index contributed by atoms with van der Waals surface area (Å²) in [4.78, 5) is 17.3. The molecule has 1 aliphatic rings. The molecule has 16 heavy (non-hydrogen) atoms. The predicted molar refractivity (Wildman–Crippen MR) is 64.3 cm³/mol. The smallest absolute Gasteiger partial charge is 0.240 e. The summed E-state index contributed by atoms with van der Waals surface area (Å²) >= 11 is 1.63. The van der Waals surface area contributed by atoms with Crippen molar-refractivity contribution in [2.75, 3.05) is 0 Å². The van der Waals surface area contributed by atoms with Gasteiger partial charge < -0.3 is 11.1 Å². The molecule has 1 heterocycles. The molecule has 4 nitrogen and oxygen atoms in total. The number of carbonyl (C=O) groups excluding carboxylic acids is 1. The van der Waals surface area contributed by atoms with Crippen molar-refractivity contribution < 1.29 is 4.79 Å².